The van der Waals surface area contributed by atoms with Gasteiger partial charge in [0.25, 0.3) is 0 Å². The van der Waals surface area contributed by atoms with E-state index in [1.165, 1.54) is 0 Å². The Kier molecular flexibility index (Phi) is 9.86. The van der Waals surface area contributed by atoms with E-state index in [4.69, 9.17) is 28.7 Å². The van der Waals surface area contributed by atoms with Crippen LogP contribution in [0.2, 0.25) is 0 Å². The van der Waals surface area contributed by atoms with Crippen LogP contribution < -0.4 is 28.7 Å². The largest absolute Gasteiger partial charge is 0.330 e. The Hall–Kier alpha value is -0.200. The number of rotatable bonds is 10. The molecule has 3 atom stereocenters. The number of hydrogen-bond donors (Lipinski definition) is 5. The highest BCUT2D eigenvalue weighted by molar-refractivity contribution is 4.72. The van der Waals surface area contributed by atoms with Crippen molar-refractivity contribution in [2.75, 3.05) is 13.1 Å². The molecule has 0 saturated carbocycles. The van der Waals surface area contributed by atoms with Crippen molar-refractivity contribution in [3.63, 3.8) is 0 Å². The van der Waals surface area contributed by atoms with Gasteiger partial charge in [0.15, 0.2) is 0 Å². The quantitative estimate of drug-likeness (QED) is 0.337. The van der Waals surface area contributed by atoms with Crippen LogP contribution in [-0.4, -0.2) is 31.2 Å². The van der Waals surface area contributed by atoms with Crippen LogP contribution in [0.3, 0.4) is 0 Å². The van der Waals surface area contributed by atoms with Gasteiger partial charge in [0.05, 0.1) is 0 Å². The molecule has 0 heterocycles. The fourth-order valence-corrected chi connectivity index (χ4v) is 1.84. The van der Waals surface area contributed by atoms with Crippen LogP contribution in [0.4, 0.5) is 0 Å². The molecule has 0 aliphatic heterocycles. The summed E-state index contributed by atoms with van der Waals surface area (Å²) in [5, 5.41) is 0. The predicted octanol–water partition coefficient (Wildman–Crippen LogP) is -0.774. The minimum absolute atomic E-state index is 0.137. The zero-order valence-corrected chi connectivity index (χ0v) is 10.3. The third kappa shape index (κ3) is 9.06. The lowest BCUT2D eigenvalue weighted by molar-refractivity contribution is 0.448. The second-order valence-corrected chi connectivity index (χ2v) is 4.60. The molecular formula is C11H29N5. The smallest absolute Gasteiger partial charge is 0.00655 e. The van der Waals surface area contributed by atoms with Crippen molar-refractivity contribution in [3.8, 4) is 0 Å². The summed E-state index contributed by atoms with van der Waals surface area (Å²) in [6, 6.07) is 0.527. The molecule has 0 bridgehead atoms. The van der Waals surface area contributed by atoms with Gasteiger partial charge in [-0.3, -0.25) is 0 Å². The minimum atomic E-state index is 0.137. The van der Waals surface area contributed by atoms with Gasteiger partial charge in [-0.2, -0.15) is 0 Å². The summed E-state index contributed by atoms with van der Waals surface area (Å²) in [4.78, 5) is 0. The zero-order chi connectivity index (χ0) is 12.4. The van der Waals surface area contributed by atoms with E-state index in [1.54, 1.807) is 0 Å². The Morgan fingerprint density at radius 3 is 1.62 bits per heavy atom. The van der Waals surface area contributed by atoms with Crippen molar-refractivity contribution in [1.29, 1.82) is 0 Å². The predicted molar refractivity (Wildman–Crippen MR) is 69.7 cm³/mol. The maximum atomic E-state index is 5.98. The molecule has 5 nitrogen and oxygen atoms in total. The first kappa shape index (κ1) is 15.8. The molecule has 98 valence electrons. The third-order valence-corrected chi connectivity index (χ3v) is 2.83. The van der Waals surface area contributed by atoms with E-state index >= 15 is 0 Å². The summed E-state index contributed by atoms with van der Waals surface area (Å²) in [5.74, 6) is 0. The topological polar surface area (TPSA) is 130 Å². The third-order valence-electron chi connectivity index (χ3n) is 2.83. The Morgan fingerprint density at radius 1 is 0.625 bits per heavy atom. The lowest BCUT2D eigenvalue weighted by atomic mass is 9.99. The molecule has 0 aliphatic rings. The van der Waals surface area contributed by atoms with Crippen LogP contribution in [0.1, 0.15) is 38.5 Å². The SMILES string of the molecule is NCCC(N)CCCC(N)CC(N)CCN. The molecule has 0 radical (unpaired) electrons. The van der Waals surface area contributed by atoms with Crippen molar-refractivity contribution < 1.29 is 0 Å². The maximum absolute atomic E-state index is 5.98. The molecule has 0 saturated heterocycles. The summed E-state index contributed by atoms with van der Waals surface area (Å²) in [6.45, 7) is 1.30. The molecule has 0 aromatic heterocycles. The van der Waals surface area contributed by atoms with E-state index in [0.717, 1.165) is 38.5 Å². The van der Waals surface area contributed by atoms with Crippen molar-refractivity contribution in [1.82, 2.24) is 0 Å². The normalized spacial score (nSPS) is 17.1. The van der Waals surface area contributed by atoms with Gasteiger partial charge in [0.2, 0.25) is 0 Å². The van der Waals surface area contributed by atoms with E-state index < -0.39 is 0 Å². The van der Waals surface area contributed by atoms with E-state index in [2.05, 4.69) is 0 Å². The first-order chi connectivity index (χ1) is 7.60. The van der Waals surface area contributed by atoms with Crippen LogP contribution in [0.5, 0.6) is 0 Å². The molecule has 0 spiro atoms. The van der Waals surface area contributed by atoms with Crippen LogP contribution >= 0.6 is 0 Å². The van der Waals surface area contributed by atoms with Crippen molar-refractivity contribution in [2.24, 2.45) is 28.7 Å². The molecule has 3 unspecified atom stereocenters. The Labute approximate surface area is 99.1 Å². The lowest BCUT2D eigenvalue weighted by Gasteiger charge is -2.17. The highest BCUT2D eigenvalue weighted by atomic mass is 14.7. The molecule has 0 rings (SSSR count). The Bertz CT molecular complexity index is 153. The van der Waals surface area contributed by atoms with Gasteiger partial charge in [-0.15, -0.1) is 0 Å². The van der Waals surface area contributed by atoms with Crippen molar-refractivity contribution >= 4 is 0 Å². The van der Waals surface area contributed by atoms with Gasteiger partial charge in [-0.25, -0.2) is 0 Å². The van der Waals surface area contributed by atoms with E-state index in [1.807, 2.05) is 0 Å². The van der Waals surface area contributed by atoms with Gasteiger partial charge in [0.1, 0.15) is 0 Å². The molecule has 0 aromatic rings. The molecule has 0 aliphatic carbocycles. The van der Waals surface area contributed by atoms with Gasteiger partial charge >= 0.3 is 0 Å². The van der Waals surface area contributed by atoms with Crippen molar-refractivity contribution in [2.45, 2.75) is 56.7 Å². The highest BCUT2D eigenvalue weighted by Gasteiger charge is 2.09. The maximum Gasteiger partial charge on any atom is 0.00655 e. The van der Waals surface area contributed by atoms with Crippen molar-refractivity contribution in [3.05, 3.63) is 0 Å². The average Bonchev–Trinajstić information content (AvgIpc) is 2.18. The Balaban J connectivity index is 3.46. The number of hydrogen-bond acceptors (Lipinski definition) is 5. The summed E-state index contributed by atoms with van der Waals surface area (Å²) >= 11 is 0. The second-order valence-electron chi connectivity index (χ2n) is 4.60. The number of nitrogens with two attached hydrogens (primary N) is 5. The lowest BCUT2D eigenvalue weighted by Crippen LogP contribution is -2.33. The zero-order valence-electron chi connectivity index (χ0n) is 10.3. The molecule has 0 fully saturated rings. The van der Waals surface area contributed by atoms with Crippen LogP contribution in [0.25, 0.3) is 0 Å². The average molecular weight is 231 g/mol. The molecule has 5 heteroatoms. The van der Waals surface area contributed by atoms with Crippen LogP contribution in [0, 0.1) is 0 Å². The monoisotopic (exact) mass is 231 g/mol. The second kappa shape index (κ2) is 9.99. The Morgan fingerprint density at radius 2 is 1.06 bits per heavy atom. The fourth-order valence-electron chi connectivity index (χ4n) is 1.84. The molecular weight excluding hydrogens is 202 g/mol. The van der Waals surface area contributed by atoms with Crippen LogP contribution in [0.15, 0.2) is 0 Å². The summed E-state index contributed by atoms with van der Waals surface area (Å²) in [6.07, 6.45) is 5.62. The van der Waals surface area contributed by atoms with Gasteiger partial charge in [-0.1, -0.05) is 6.42 Å². The molecule has 0 amide bonds. The summed E-state index contributed by atoms with van der Waals surface area (Å²) in [5.41, 5.74) is 28.6. The minimum Gasteiger partial charge on any atom is -0.330 e. The standard InChI is InChI=1S/C11H29N5/c12-6-4-9(14)2-1-3-10(15)8-11(16)5-7-13/h9-11H,1-8,12-16H2. The van der Waals surface area contributed by atoms with Gasteiger partial charge in [-0.05, 0) is 45.2 Å². The van der Waals surface area contributed by atoms with E-state index in [0.29, 0.717) is 13.1 Å². The summed E-state index contributed by atoms with van der Waals surface area (Å²) < 4.78 is 0. The van der Waals surface area contributed by atoms with Gasteiger partial charge in [0, 0.05) is 18.1 Å². The van der Waals surface area contributed by atoms with Crippen LogP contribution in [-0.2, 0) is 0 Å². The van der Waals surface area contributed by atoms with E-state index in [9.17, 15) is 0 Å². The molecule has 0 aromatic carbocycles. The highest BCUT2D eigenvalue weighted by Crippen LogP contribution is 2.08. The van der Waals surface area contributed by atoms with Gasteiger partial charge < -0.3 is 28.7 Å². The first-order valence-corrected chi connectivity index (χ1v) is 6.27. The first-order valence-electron chi connectivity index (χ1n) is 6.27. The summed E-state index contributed by atoms with van der Waals surface area (Å²) in [7, 11) is 0. The molecule has 16 heavy (non-hydrogen) atoms. The fraction of sp³-hybridized carbons (Fsp3) is 1.00. The van der Waals surface area contributed by atoms with E-state index in [-0.39, 0.29) is 18.1 Å². The molecule has 10 N–H and O–H groups in total.